The number of aromatic nitrogens is 2. The predicted molar refractivity (Wildman–Crippen MR) is 102 cm³/mol. The van der Waals surface area contributed by atoms with Crippen LogP contribution >= 0.6 is 11.6 Å². The van der Waals surface area contributed by atoms with E-state index in [4.69, 9.17) is 21.1 Å². The number of ketones is 1. The highest BCUT2D eigenvalue weighted by atomic mass is 35.5. The molecule has 3 aliphatic rings. The molecule has 2 bridgehead atoms. The summed E-state index contributed by atoms with van der Waals surface area (Å²) in [6.07, 6.45) is 5.38. The lowest BCUT2D eigenvalue weighted by molar-refractivity contribution is -0.162. The molecule has 3 fully saturated rings. The molecule has 1 amide bonds. The van der Waals surface area contributed by atoms with Crippen LogP contribution in [0.5, 0.6) is 11.6 Å². The second kappa shape index (κ2) is 7.26. The van der Waals surface area contributed by atoms with E-state index < -0.39 is 5.82 Å². The Bertz CT molecular complexity index is 947. The minimum absolute atomic E-state index is 0.00510. The van der Waals surface area contributed by atoms with Crippen molar-refractivity contribution in [1.29, 1.82) is 0 Å². The number of rotatable bonds is 8. The van der Waals surface area contributed by atoms with Crippen molar-refractivity contribution in [2.45, 2.75) is 31.2 Å². The summed E-state index contributed by atoms with van der Waals surface area (Å²) in [4.78, 5) is 32.6. The molecular weight excluding hydrogens is 401 g/mol. The smallest absolute Gasteiger partial charge is 0.271 e. The first-order valence-electron chi connectivity index (χ1n) is 9.10. The van der Waals surface area contributed by atoms with Crippen LogP contribution in [0, 0.1) is 11.2 Å². The number of carbonyl (C=O) groups is 2. The van der Waals surface area contributed by atoms with Crippen LogP contribution in [0.1, 0.15) is 36.2 Å². The topological polar surface area (TPSA) is 90.4 Å². The zero-order valence-electron chi connectivity index (χ0n) is 15.7. The molecule has 2 aromatic rings. The summed E-state index contributed by atoms with van der Waals surface area (Å²) in [5.41, 5.74) is -0.117. The SMILES string of the molecule is COc1cnc(C(=O)NC23CC(CC(=O)COc4ccc(Cl)c(F)c4)(C2)C3)cn1. The standard InChI is InChI=1S/C20H19ClFN3O4/c1-28-17-7-23-16(6-24-17)18(27)25-20-9-19(10-20,11-20)5-12(26)8-29-13-2-3-14(21)15(22)4-13/h2-4,6-7H,5,8-11H2,1H3,(H,25,27). The van der Waals surface area contributed by atoms with E-state index in [0.29, 0.717) is 12.3 Å². The van der Waals surface area contributed by atoms with Crippen molar-refractivity contribution in [2.75, 3.05) is 13.7 Å². The predicted octanol–water partition coefficient (Wildman–Crippen LogP) is 2.97. The van der Waals surface area contributed by atoms with Crippen molar-refractivity contribution in [3.8, 4) is 11.6 Å². The Balaban J connectivity index is 1.23. The van der Waals surface area contributed by atoms with E-state index in [-0.39, 0.29) is 45.7 Å². The molecule has 152 valence electrons. The molecule has 3 aliphatic carbocycles. The molecule has 9 heteroatoms. The fraction of sp³-hybridized carbons (Fsp3) is 0.400. The summed E-state index contributed by atoms with van der Waals surface area (Å²) in [7, 11) is 1.48. The Morgan fingerprint density at radius 1 is 1.24 bits per heavy atom. The monoisotopic (exact) mass is 419 g/mol. The van der Waals surface area contributed by atoms with Crippen molar-refractivity contribution in [3.05, 3.63) is 47.1 Å². The molecule has 7 nitrogen and oxygen atoms in total. The van der Waals surface area contributed by atoms with Gasteiger partial charge < -0.3 is 14.8 Å². The van der Waals surface area contributed by atoms with E-state index in [1.807, 2.05) is 0 Å². The van der Waals surface area contributed by atoms with Gasteiger partial charge in [-0.25, -0.2) is 14.4 Å². The molecule has 1 N–H and O–H groups in total. The number of benzene rings is 1. The van der Waals surface area contributed by atoms with E-state index in [9.17, 15) is 14.0 Å². The van der Waals surface area contributed by atoms with Gasteiger partial charge in [-0.05, 0) is 36.8 Å². The molecule has 0 atom stereocenters. The lowest BCUT2D eigenvalue weighted by atomic mass is 9.38. The number of halogens is 2. The number of hydrogen-bond donors (Lipinski definition) is 1. The van der Waals surface area contributed by atoms with Crippen LogP contribution in [0.2, 0.25) is 5.02 Å². The summed E-state index contributed by atoms with van der Waals surface area (Å²) >= 11 is 5.62. The quantitative estimate of drug-likeness (QED) is 0.707. The van der Waals surface area contributed by atoms with Gasteiger partial charge in [0.25, 0.3) is 5.91 Å². The average Bonchev–Trinajstić information content (AvgIpc) is 2.66. The highest BCUT2D eigenvalue weighted by Gasteiger charge is 2.68. The van der Waals surface area contributed by atoms with Crippen LogP contribution < -0.4 is 14.8 Å². The second-order valence-electron chi connectivity index (χ2n) is 7.79. The highest BCUT2D eigenvalue weighted by molar-refractivity contribution is 6.30. The third-order valence-electron chi connectivity index (χ3n) is 5.45. The summed E-state index contributed by atoms with van der Waals surface area (Å²) in [5, 5.41) is 3.01. The van der Waals surface area contributed by atoms with Crippen LogP contribution in [-0.4, -0.2) is 40.9 Å². The molecule has 29 heavy (non-hydrogen) atoms. The van der Waals surface area contributed by atoms with Crippen LogP contribution in [0.3, 0.4) is 0 Å². The minimum atomic E-state index is -0.588. The molecule has 1 heterocycles. The molecule has 1 aromatic carbocycles. The number of nitrogens with zero attached hydrogens (tertiary/aromatic N) is 2. The third kappa shape index (κ3) is 3.89. The molecule has 0 aliphatic heterocycles. The van der Waals surface area contributed by atoms with Gasteiger partial charge in [0, 0.05) is 18.0 Å². The fourth-order valence-electron chi connectivity index (χ4n) is 4.36. The second-order valence-corrected chi connectivity index (χ2v) is 8.20. The van der Waals surface area contributed by atoms with Crippen LogP contribution in [0.25, 0.3) is 0 Å². The zero-order valence-corrected chi connectivity index (χ0v) is 16.5. The molecule has 0 unspecified atom stereocenters. The van der Waals surface area contributed by atoms with Crippen LogP contribution in [0.15, 0.2) is 30.6 Å². The summed E-state index contributed by atoms with van der Waals surface area (Å²) in [6.45, 7) is -0.121. The Labute approximate surface area is 171 Å². The largest absolute Gasteiger partial charge is 0.486 e. The number of ether oxygens (including phenoxy) is 2. The van der Waals surface area contributed by atoms with Gasteiger partial charge >= 0.3 is 0 Å². The van der Waals surface area contributed by atoms with Gasteiger partial charge in [0.1, 0.15) is 23.9 Å². The van der Waals surface area contributed by atoms with Crippen molar-refractivity contribution in [1.82, 2.24) is 15.3 Å². The number of Topliss-reactive ketones (excluding diaryl/α,β-unsaturated/α-hetero) is 1. The van der Waals surface area contributed by atoms with Gasteiger partial charge in [0.05, 0.1) is 24.5 Å². The molecular formula is C20H19ClFN3O4. The lowest BCUT2D eigenvalue weighted by Crippen LogP contribution is -2.75. The maximum Gasteiger partial charge on any atom is 0.271 e. The molecule has 0 radical (unpaired) electrons. The highest BCUT2D eigenvalue weighted by Crippen LogP contribution is 2.69. The Hall–Kier alpha value is -2.74. The van der Waals surface area contributed by atoms with E-state index in [1.54, 1.807) is 0 Å². The molecule has 1 aromatic heterocycles. The Morgan fingerprint density at radius 2 is 2.00 bits per heavy atom. The Kier molecular flexibility index (Phi) is 4.90. The number of nitrogens with one attached hydrogen (secondary N) is 1. The first-order chi connectivity index (χ1) is 13.8. The summed E-state index contributed by atoms with van der Waals surface area (Å²) < 4.78 is 23.7. The number of amides is 1. The number of carbonyl (C=O) groups excluding carboxylic acids is 2. The summed E-state index contributed by atoms with van der Waals surface area (Å²) in [5.74, 6) is -0.320. The van der Waals surface area contributed by atoms with Gasteiger partial charge in [-0.3, -0.25) is 9.59 Å². The van der Waals surface area contributed by atoms with Crippen molar-refractivity contribution < 1.29 is 23.5 Å². The maximum atomic E-state index is 13.4. The van der Waals surface area contributed by atoms with Gasteiger partial charge in [-0.2, -0.15) is 0 Å². The fourth-order valence-corrected chi connectivity index (χ4v) is 4.48. The third-order valence-corrected chi connectivity index (χ3v) is 5.76. The van der Waals surface area contributed by atoms with Gasteiger partial charge in [-0.15, -0.1) is 0 Å². The van der Waals surface area contributed by atoms with Crippen LogP contribution in [-0.2, 0) is 4.79 Å². The van der Waals surface area contributed by atoms with E-state index in [1.165, 1.54) is 31.6 Å². The van der Waals surface area contributed by atoms with E-state index in [0.717, 1.165) is 25.3 Å². The van der Waals surface area contributed by atoms with E-state index >= 15 is 0 Å². The maximum absolute atomic E-state index is 13.4. The average molecular weight is 420 g/mol. The van der Waals surface area contributed by atoms with Gasteiger partial charge in [0.2, 0.25) is 5.88 Å². The van der Waals surface area contributed by atoms with Crippen LogP contribution in [0.4, 0.5) is 4.39 Å². The van der Waals surface area contributed by atoms with Crippen molar-refractivity contribution in [3.63, 3.8) is 0 Å². The molecule has 5 rings (SSSR count). The number of hydrogen-bond acceptors (Lipinski definition) is 6. The lowest BCUT2D eigenvalue weighted by Gasteiger charge is -2.70. The minimum Gasteiger partial charge on any atom is -0.486 e. The molecule has 0 spiro atoms. The number of methoxy groups -OCH3 is 1. The zero-order chi connectivity index (χ0) is 20.6. The Morgan fingerprint density at radius 3 is 2.62 bits per heavy atom. The van der Waals surface area contributed by atoms with Gasteiger partial charge in [0.15, 0.2) is 5.78 Å². The normalized spacial score (nSPS) is 24.1. The first-order valence-corrected chi connectivity index (χ1v) is 9.48. The van der Waals surface area contributed by atoms with Gasteiger partial charge in [-0.1, -0.05) is 11.6 Å². The summed E-state index contributed by atoms with van der Waals surface area (Å²) in [6, 6.07) is 4.06. The van der Waals surface area contributed by atoms with E-state index in [2.05, 4.69) is 15.3 Å². The van der Waals surface area contributed by atoms with Crippen molar-refractivity contribution in [2.24, 2.45) is 5.41 Å². The molecule has 3 saturated carbocycles. The first kappa shape index (κ1) is 19.6. The molecule has 0 saturated heterocycles. The van der Waals surface area contributed by atoms with Crippen molar-refractivity contribution >= 4 is 23.3 Å².